The summed E-state index contributed by atoms with van der Waals surface area (Å²) in [4.78, 5) is 16.9. The van der Waals surface area contributed by atoms with Crippen molar-refractivity contribution in [3.05, 3.63) is 40.0 Å². The molecule has 8 heteroatoms. The zero-order chi connectivity index (χ0) is 15.6. The lowest BCUT2D eigenvalue weighted by atomic mass is 10.1. The molecule has 0 radical (unpaired) electrons. The third-order valence-electron chi connectivity index (χ3n) is 3.78. The van der Waals surface area contributed by atoms with Gasteiger partial charge in [-0.3, -0.25) is 4.79 Å². The van der Waals surface area contributed by atoms with E-state index in [9.17, 15) is 9.18 Å². The van der Waals surface area contributed by atoms with Crippen LogP contribution in [0.3, 0.4) is 0 Å². The van der Waals surface area contributed by atoms with Gasteiger partial charge < -0.3 is 14.4 Å². The fraction of sp³-hybridized carbons (Fsp3) is 0.500. The summed E-state index contributed by atoms with van der Waals surface area (Å²) in [5.41, 5.74) is 9.27. The highest BCUT2D eigenvalue weighted by molar-refractivity contribution is 6.06. The highest BCUT2D eigenvalue weighted by Crippen LogP contribution is 2.45. The molecule has 0 saturated carbocycles. The largest absolute Gasteiger partial charge is 0.336 e. The summed E-state index contributed by atoms with van der Waals surface area (Å²) in [5, 5.41) is 3.46. The van der Waals surface area contributed by atoms with Crippen LogP contribution in [0.1, 0.15) is 18.4 Å². The average molecular weight is 306 g/mol. The number of nitrogens with zero attached hydrogens (tertiary/aromatic N) is 4. The predicted octanol–water partition coefficient (Wildman–Crippen LogP) is 2.46. The second kappa shape index (κ2) is 5.92. The van der Waals surface area contributed by atoms with Crippen LogP contribution in [-0.2, 0) is 20.1 Å². The zero-order valence-electron chi connectivity index (χ0n) is 11.9. The number of amides is 1. The number of fused-ring (bicyclic) bond motifs is 2. The summed E-state index contributed by atoms with van der Waals surface area (Å²) in [6, 6.07) is 4.17. The lowest BCUT2D eigenvalue weighted by Gasteiger charge is -2.22. The number of hydrogen-bond acceptors (Lipinski definition) is 4. The number of carbonyl (C=O) groups is 1. The van der Waals surface area contributed by atoms with Gasteiger partial charge in [0.15, 0.2) is 0 Å². The Balaban J connectivity index is 1.83. The molecule has 2 aliphatic heterocycles. The predicted molar refractivity (Wildman–Crippen MR) is 75.6 cm³/mol. The van der Waals surface area contributed by atoms with E-state index in [2.05, 4.69) is 10.0 Å². The molecule has 1 amide bonds. The van der Waals surface area contributed by atoms with Crippen LogP contribution in [0.5, 0.6) is 0 Å². The molecule has 22 heavy (non-hydrogen) atoms. The first-order chi connectivity index (χ1) is 10.7. The topological polar surface area (TPSA) is 87.5 Å². The number of azide groups is 1. The smallest absolute Gasteiger partial charge is 0.292 e. The highest BCUT2D eigenvalue weighted by atomic mass is 19.1. The summed E-state index contributed by atoms with van der Waals surface area (Å²) >= 11 is 0. The van der Waals surface area contributed by atoms with Gasteiger partial charge in [0, 0.05) is 23.6 Å². The van der Waals surface area contributed by atoms with Gasteiger partial charge >= 0.3 is 0 Å². The van der Waals surface area contributed by atoms with Gasteiger partial charge in [0.1, 0.15) is 5.82 Å². The van der Waals surface area contributed by atoms with Crippen molar-refractivity contribution in [2.24, 2.45) is 5.11 Å². The van der Waals surface area contributed by atoms with E-state index in [4.69, 9.17) is 15.0 Å². The van der Waals surface area contributed by atoms with Gasteiger partial charge in [-0.2, -0.15) is 0 Å². The number of rotatable bonds is 5. The maximum Gasteiger partial charge on any atom is 0.292 e. The maximum absolute atomic E-state index is 13.6. The van der Waals surface area contributed by atoms with Crippen molar-refractivity contribution in [1.29, 1.82) is 0 Å². The molecule has 7 nitrogen and oxygen atoms in total. The molecular formula is C14H15FN4O3. The molecule has 1 saturated heterocycles. The second-order valence-electron chi connectivity index (χ2n) is 5.09. The summed E-state index contributed by atoms with van der Waals surface area (Å²) < 4.78 is 24.6. The number of anilines is 1. The maximum atomic E-state index is 13.6. The van der Waals surface area contributed by atoms with Crippen molar-refractivity contribution >= 4 is 11.6 Å². The van der Waals surface area contributed by atoms with Crippen LogP contribution in [0, 0.1) is 5.82 Å². The Labute approximate surface area is 126 Å². The molecule has 2 aliphatic rings. The Bertz CT molecular complexity index is 639. The van der Waals surface area contributed by atoms with E-state index in [1.807, 2.05) is 0 Å². The summed E-state index contributed by atoms with van der Waals surface area (Å²) in [6.45, 7) is 1.42. The minimum absolute atomic E-state index is 0.298. The number of carbonyl (C=O) groups excluding carboxylic acids is 1. The van der Waals surface area contributed by atoms with E-state index in [0.29, 0.717) is 50.4 Å². The van der Waals surface area contributed by atoms with Crippen molar-refractivity contribution in [1.82, 2.24) is 0 Å². The third-order valence-corrected chi connectivity index (χ3v) is 3.78. The SMILES string of the molecule is [N-]=[N+]=NCCCCN1C(=O)C2(OCCO2)c2cc(F)ccc21. The molecular weight excluding hydrogens is 291 g/mol. The minimum Gasteiger partial charge on any atom is -0.336 e. The molecule has 1 spiro atoms. The Morgan fingerprint density at radius 2 is 2.14 bits per heavy atom. The lowest BCUT2D eigenvalue weighted by Crippen LogP contribution is -2.41. The van der Waals surface area contributed by atoms with E-state index in [0.717, 1.165) is 0 Å². The Hall–Kier alpha value is -2.15. The van der Waals surface area contributed by atoms with Gasteiger partial charge in [0.2, 0.25) is 0 Å². The van der Waals surface area contributed by atoms with Gasteiger partial charge in [-0.25, -0.2) is 4.39 Å². The van der Waals surface area contributed by atoms with Gasteiger partial charge in [-0.1, -0.05) is 5.11 Å². The van der Waals surface area contributed by atoms with Crippen LogP contribution in [-0.4, -0.2) is 32.2 Å². The van der Waals surface area contributed by atoms with E-state index in [1.54, 1.807) is 11.0 Å². The van der Waals surface area contributed by atoms with E-state index in [1.165, 1.54) is 12.1 Å². The van der Waals surface area contributed by atoms with Crippen LogP contribution in [0.4, 0.5) is 10.1 Å². The first kappa shape index (κ1) is 14.8. The minimum atomic E-state index is -1.50. The van der Waals surface area contributed by atoms with Crippen molar-refractivity contribution in [2.75, 3.05) is 31.2 Å². The highest BCUT2D eigenvalue weighted by Gasteiger charge is 2.55. The number of ether oxygens (including phenoxy) is 2. The number of hydrogen-bond donors (Lipinski definition) is 0. The van der Waals surface area contributed by atoms with Gasteiger partial charge in [-0.05, 0) is 36.6 Å². The average Bonchev–Trinajstić information content (AvgIpc) is 3.08. The fourth-order valence-electron chi connectivity index (χ4n) is 2.82. The van der Waals surface area contributed by atoms with Crippen LogP contribution >= 0.6 is 0 Å². The summed E-state index contributed by atoms with van der Waals surface area (Å²) in [7, 11) is 0. The molecule has 116 valence electrons. The molecule has 1 aromatic carbocycles. The van der Waals surface area contributed by atoms with E-state index in [-0.39, 0.29) is 5.91 Å². The lowest BCUT2D eigenvalue weighted by molar-refractivity contribution is -0.180. The van der Waals surface area contributed by atoms with E-state index >= 15 is 0 Å². The Kier molecular flexibility index (Phi) is 3.98. The first-order valence-electron chi connectivity index (χ1n) is 7.10. The standard InChI is InChI=1S/C14H15FN4O3/c15-10-3-4-12-11(9-10)14(21-7-8-22-14)13(20)19(12)6-2-1-5-17-18-16/h3-4,9H,1-2,5-8H2. The Morgan fingerprint density at radius 1 is 1.36 bits per heavy atom. The molecule has 1 aromatic rings. The molecule has 0 bridgehead atoms. The van der Waals surface area contributed by atoms with Crippen LogP contribution in [0.25, 0.3) is 10.4 Å². The normalized spacial score (nSPS) is 18.6. The van der Waals surface area contributed by atoms with E-state index < -0.39 is 11.6 Å². The quantitative estimate of drug-likeness (QED) is 0.362. The molecule has 0 atom stereocenters. The summed E-state index contributed by atoms with van der Waals surface area (Å²) in [5.74, 6) is -2.26. The number of halogens is 1. The molecule has 0 unspecified atom stereocenters. The first-order valence-corrected chi connectivity index (χ1v) is 7.10. The number of unbranched alkanes of at least 4 members (excludes halogenated alkanes) is 1. The van der Waals surface area contributed by atoms with Crippen molar-refractivity contribution in [3.63, 3.8) is 0 Å². The Morgan fingerprint density at radius 3 is 2.86 bits per heavy atom. The summed E-state index contributed by atoms with van der Waals surface area (Å²) in [6.07, 6.45) is 1.33. The monoisotopic (exact) mass is 306 g/mol. The molecule has 3 rings (SSSR count). The van der Waals surface area contributed by atoms with Crippen molar-refractivity contribution < 1.29 is 18.7 Å². The van der Waals surface area contributed by atoms with Gasteiger partial charge in [0.25, 0.3) is 11.7 Å². The van der Waals surface area contributed by atoms with Crippen LogP contribution in [0.2, 0.25) is 0 Å². The third kappa shape index (κ3) is 2.31. The molecule has 2 heterocycles. The van der Waals surface area contributed by atoms with Crippen molar-refractivity contribution in [3.8, 4) is 0 Å². The fourth-order valence-corrected chi connectivity index (χ4v) is 2.82. The second-order valence-corrected chi connectivity index (χ2v) is 5.09. The molecule has 0 N–H and O–H groups in total. The van der Waals surface area contributed by atoms with Crippen LogP contribution in [0.15, 0.2) is 23.3 Å². The van der Waals surface area contributed by atoms with Gasteiger partial charge in [0.05, 0.1) is 18.9 Å². The zero-order valence-corrected chi connectivity index (χ0v) is 11.9. The number of benzene rings is 1. The van der Waals surface area contributed by atoms with Crippen LogP contribution < -0.4 is 4.90 Å². The molecule has 0 aromatic heterocycles. The molecule has 1 fully saturated rings. The van der Waals surface area contributed by atoms with Crippen molar-refractivity contribution in [2.45, 2.75) is 18.6 Å². The molecule has 0 aliphatic carbocycles. The van der Waals surface area contributed by atoms with Gasteiger partial charge in [-0.15, -0.1) is 0 Å².